The number of nitrogens with zero attached hydrogens (tertiary/aromatic N) is 2. The van der Waals surface area contributed by atoms with Gasteiger partial charge in [-0.25, -0.2) is 4.98 Å². The lowest BCUT2D eigenvalue weighted by Crippen LogP contribution is -1.97. The number of hydrogen-bond acceptors (Lipinski definition) is 3. The van der Waals surface area contributed by atoms with E-state index in [-0.39, 0.29) is 0 Å². The number of hydrogen-bond donors (Lipinski definition) is 2. The molecule has 1 aromatic carbocycles. The van der Waals surface area contributed by atoms with E-state index in [0.717, 1.165) is 10.0 Å². The van der Waals surface area contributed by atoms with Crippen LogP contribution in [0.3, 0.4) is 0 Å². The smallest absolute Gasteiger partial charge is 0.182 e. The van der Waals surface area contributed by atoms with Gasteiger partial charge in [0.2, 0.25) is 0 Å². The van der Waals surface area contributed by atoms with Gasteiger partial charge in [-0.1, -0.05) is 28.1 Å². The molecule has 2 rings (SSSR count). The Labute approximate surface area is 89.7 Å². The minimum absolute atomic E-state index is 0.372. The second-order valence-electron chi connectivity index (χ2n) is 2.79. The number of nitrogens with one attached hydrogen (secondary N) is 1. The van der Waals surface area contributed by atoms with Gasteiger partial charge in [-0.15, -0.1) is 0 Å². The Bertz CT molecular complexity index is 438. The first-order valence-electron chi connectivity index (χ1n) is 4.17. The molecule has 0 saturated heterocycles. The van der Waals surface area contributed by atoms with Gasteiger partial charge in [-0.05, 0) is 12.1 Å². The summed E-state index contributed by atoms with van der Waals surface area (Å²) in [6, 6.07) is 7.80. The molecule has 5 heteroatoms. The fourth-order valence-corrected chi connectivity index (χ4v) is 1.61. The molecule has 0 saturated carbocycles. The molecular formula is C9H9BrN4. The van der Waals surface area contributed by atoms with Gasteiger partial charge >= 0.3 is 0 Å². The highest BCUT2D eigenvalue weighted by Gasteiger charge is 2.07. The van der Waals surface area contributed by atoms with Crippen molar-refractivity contribution in [2.75, 3.05) is 0 Å². The van der Waals surface area contributed by atoms with Gasteiger partial charge in [-0.2, -0.15) is 5.10 Å². The lowest BCUT2D eigenvalue weighted by molar-refractivity contribution is 0.917. The quantitative estimate of drug-likeness (QED) is 0.855. The molecule has 72 valence electrons. The Morgan fingerprint density at radius 2 is 2.14 bits per heavy atom. The number of benzene rings is 1. The normalized spacial score (nSPS) is 10.4. The van der Waals surface area contributed by atoms with E-state index in [2.05, 4.69) is 31.1 Å². The number of halogens is 1. The number of H-pyrrole nitrogens is 1. The predicted octanol–water partition coefficient (Wildman–Crippen LogP) is 1.69. The fourth-order valence-electron chi connectivity index (χ4n) is 1.15. The van der Waals surface area contributed by atoms with Crippen LogP contribution < -0.4 is 5.73 Å². The molecule has 0 spiro atoms. The predicted molar refractivity (Wildman–Crippen MR) is 57.4 cm³/mol. The third kappa shape index (κ3) is 1.69. The van der Waals surface area contributed by atoms with E-state index in [4.69, 9.17) is 5.73 Å². The highest BCUT2D eigenvalue weighted by molar-refractivity contribution is 9.10. The third-order valence-electron chi connectivity index (χ3n) is 1.84. The Hall–Kier alpha value is -1.20. The standard InChI is InChI=1S/C9H9BrN4/c10-7-4-2-1-3-6(7)9-12-8(5-11)13-14-9/h1-4H,5,11H2,(H,12,13,14). The number of aromatic nitrogens is 3. The van der Waals surface area contributed by atoms with E-state index in [0.29, 0.717) is 18.2 Å². The first kappa shape index (κ1) is 9.36. The van der Waals surface area contributed by atoms with Gasteiger partial charge in [0.25, 0.3) is 0 Å². The zero-order chi connectivity index (χ0) is 9.97. The van der Waals surface area contributed by atoms with Gasteiger partial charge in [0.05, 0.1) is 6.54 Å². The Kier molecular flexibility index (Phi) is 2.60. The molecule has 14 heavy (non-hydrogen) atoms. The second kappa shape index (κ2) is 3.89. The van der Waals surface area contributed by atoms with Crippen molar-refractivity contribution in [3.8, 4) is 11.4 Å². The molecule has 3 N–H and O–H groups in total. The van der Waals surface area contributed by atoms with E-state index in [1.165, 1.54) is 0 Å². The summed E-state index contributed by atoms with van der Waals surface area (Å²) in [5.74, 6) is 1.36. The highest BCUT2D eigenvalue weighted by Crippen LogP contribution is 2.24. The van der Waals surface area contributed by atoms with Crippen molar-refractivity contribution >= 4 is 15.9 Å². The molecule has 4 nitrogen and oxygen atoms in total. The summed E-state index contributed by atoms with van der Waals surface area (Å²) in [5.41, 5.74) is 6.40. The van der Waals surface area contributed by atoms with Crippen LogP contribution in [0.4, 0.5) is 0 Å². The van der Waals surface area contributed by atoms with Crippen molar-refractivity contribution in [1.82, 2.24) is 15.2 Å². The molecule has 0 aliphatic rings. The van der Waals surface area contributed by atoms with Gasteiger partial charge in [-0.3, -0.25) is 5.10 Å². The summed E-state index contributed by atoms with van der Waals surface area (Å²) in [4.78, 5) is 4.24. The second-order valence-corrected chi connectivity index (χ2v) is 3.64. The van der Waals surface area contributed by atoms with Crippen LogP contribution in [-0.4, -0.2) is 15.2 Å². The fraction of sp³-hybridized carbons (Fsp3) is 0.111. The molecule has 0 fully saturated rings. The van der Waals surface area contributed by atoms with E-state index >= 15 is 0 Å². The summed E-state index contributed by atoms with van der Waals surface area (Å²) in [6.45, 7) is 0.372. The van der Waals surface area contributed by atoms with Crippen LogP contribution in [0.25, 0.3) is 11.4 Å². The van der Waals surface area contributed by atoms with Crippen LogP contribution in [0.15, 0.2) is 28.7 Å². The van der Waals surface area contributed by atoms with E-state index in [9.17, 15) is 0 Å². The van der Waals surface area contributed by atoms with E-state index < -0.39 is 0 Å². The number of aromatic amines is 1. The molecule has 1 aromatic heterocycles. The minimum Gasteiger partial charge on any atom is -0.324 e. The summed E-state index contributed by atoms with van der Waals surface area (Å²) < 4.78 is 0.975. The first-order valence-corrected chi connectivity index (χ1v) is 4.97. The van der Waals surface area contributed by atoms with Crippen molar-refractivity contribution in [3.05, 3.63) is 34.6 Å². The minimum atomic E-state index is 0.372. The van der Waals surface area contributed by atoms with Crippen molar-refractivity contribution in [1.29, 1.82) is 0 Å². The van der Waals surface area contributed by atoms with E-state index in [1.54, 1.807) is 0 Å². The molecule has 0 amide bonds. The summed E-state index contributed by atoms with van der Waals surface area (Å²) in [5, 5.41) is 6.85. The lowest BCUT2D eigenvalue weighted by Gasteiger charge is -1.96. The average molecular weight is 253 g/mol. The van der Waals surface area contributed by atoms with Crippen molar-refractivity contribution in [2.24, 2.45) is 5.73 Å². The Balaban J connectivity index is 2.44. The summed E-state index contributed by atoms with van der Waals surface area (Å²) in [6.07, 6.45) is 0. The zero-order valence-corrected chi connectivity index (χ0v) is 8.95. The number of rotatable bonds is 2. The van der Waals surface area contributed by atoms with Crippen LogP contribution in [0, 0.1) is 0 Å². The molecule has 0 unspecified atom stereocenters. The van der Waals surface area contributed by atoms with E-state index in [1.807, 2.05) is 24.3 Å². The molecule has 0 atom stereocenters. The molecule has 0 bridgehead atoms. The molecule has 0 aliphatic heterocycles. The topological polar surface area (TPSA) is 67.6 Å². The third-order valence-corrected chi connectivity index (χ3v) is 2.53. The summed E-state index contributed by atoms with van der Waals surface area (Å²) in [7, 11) is 0. The Morgan fingerprint density at radius 1 is 1.36 bits per heavy atom. The van der Waals surface area contributed by atoms with Crippen LogP contribution >= 0.6 is 15.9 Å². The first-order chi connectivity index (χ1) is 6.81. The highest BCUT2D eigenvalue weighted by atomic mass is 79.9. The van der Waals surface area contributed by atoms with Crippen molar-refractivity contribution < 1.29 is 0 Å². The van der Waals surface area contributed by atoms with Gasteiger partial charge in [0, 0.05) is 10.0 Å². The van der Waals surface area contributed by atoms with Crippen LogP contribution in [-0.2, 0) is 6.54 Å². The van der Waals surface area contributed by atoms with Gasteiger partial charge < -0.3 is 5.73 Å². The molecule has 2 aromatic rings. The van der Waals surface area contributed by atoms with Gasteiger partial charge in [0.15, 0.2) is 5.82 Å². The zero-order valence-electron chi connectivity index (χ0n) is 7.37. The maximum absolute atomic E-state index is 5.43. The Morgan fingerprint density at radius 3 is 2.79 bits per heavy atom. The molecule has 0 aliphatic carbocycles. The van der Waals surface area contributed by atoms with Crippen LogP contribution in [0.2, 0.25) is 0 Å². The molecular weight excluding hydrogens is 244 g/mol. The van der Waals surface area contributed by atoms with Crippen molar-refractivity contribution in [2.45, 2.75) is 6.54 Å². The van der Waals surface area contributed by atoms with Crippen molar-refractivity contribution in [3.63, 3.8) is 0 Å². The van der Waals surface area contributed by atoms with Crippen LogP contribution in [0.5, 0.6) is 0 Å². The maximum atomic E-state index is 5.43. The van der Waals surface area contributed by atoms with Crippen LogP contribution in [0.1, 0.15) is 5.82 Å². The SMILES string of the molecule is NCc1nc(-c2ccccc2Br)n[nH]1. The largest absolute Gasteiger partial charge is 0.324 e. The molecule has 1 heterocycles. The number of nitrogens with two attached hydrogens (primary N) is 1. The van der Waals surface area contributed by atoms with Gasteiger partial charge in [0.1, 0.15) is 5.82 Å². The monoisotopic (exact) mass is 252 g/mol. The lowest BCUT2D eigenvalue weighted by atomic mass is 10.2. The molecule has 0 radical (unpaired) electrons. The average Bonchev–Trinajstić information content (AvgIpc) is 2.67. The maximum Gasteiger partial charge on any atom is 0.182 e. The summed E-state index contributed by atoms with van der Waals surface area (Å²) >= 11 is 3.44.